The summed E-state index contributed by atoms with van der Waals surface area (Å²) in [6.45, 7) is 4.78. The van der Waals surface area contributed by atoms with Crippen molar-refractivity contribution in [2.24, 2.45) is 10.1 Å². The molecule has 162 valence electrons. The molecule has 4 aromatic rings. The standard InChI is InChI=1S/C24H22N4O3S/c1-17-8-9-20(14-18(17)2)22-16-32-24(25-13-12-19-6-4-3-5-7-19)27(22)26-15-21-10-11-23(31-21)28(29)30/h3-11,14-16H,12-13H2,1-2H3. The van der Waals surface area contributed by atoms with E-state index in [2.05, 4.69) is 49.3 Å². The van der Waals surface area contributed by atoms with Gasteiger partial charge in [0.2, 0.25) is 4.80 Å². The molecule has 0 unspecified atom stereocenters. The predicted octanol–water partition coefficient (Wildman–Crippen LogP) is 5.36. The van der Waals surface area contributed by atoms with Crippen molar-refractivity contribution < 1.29 is 9.34 Å². The Kier molecular flexibility index (Phi) is 6.42. The lowest BCUT2D eigenvalue weighted by Crippen LogP contribution is -2.13. The quantitative estimate of drug-likeness (QED) is 0.218. The monoisotopic (exact) mass is 446 g/mol. The molecular formula is C24H22N4O3S. The number of hydrogen-bond donors (Lipinski definition) is 0. The van der Waals surface area contributed by atoms with Gasteiger partial charge in [0, 0.05) is 17.5 Å². The van der Waals surface area contributed by atoms with Crippen LogP contribution in [0.4, 0.5) is 5.88 Å². The van der Waals surface area contributed by atoms with Crippen LogP contribution in [-0.4, -0.2) is 22.4 Å². The number of aryl methyl sites for hydroxylation is 2. The fraction of sp³-hybridized carbons (Fsp3) is 0.167. The summed E-state index contributed by atoms with van der Waals surface area (Å²) in [7, 11) is 0. The number of hydrogen-bond acceptors (Lipinski definition) is 6. The van der Waals surface area contributed by atoms with Gasteiger partial charge in [-0.3, -0.25) is 15.1 Å². The zero-order valence-electron chi connectivity index (χ0n) is 17.8. The molecule has 0 radical (unpaired) electrons. The maximum Gasteiger partial charge on any atom is 0.433 e. The number of aromatic nitrogens is 1. The van der Waals surface area contributed by atoms with Crippen LogP contribution in [0.2, 0.25) is 0 Å². The zero-order chi connectivity index (χ0) is 22.5. The van der Waals surface area contributed by atoms with E-state index in [1.54, 1.807) is 4.68 Å². The molecule has 0 aliphatic rings. The maximum absolute atomic E-state index is 10.9. The minimum absolute atomic E-state index is 0.302. The van der Waals surface area contributed by atoms with Gasteiger partial charge in [-0.15, -0.1) is 11.3 Å². The van der Waals surface area contributed by atoms with E-state index in [-0.39, 0.29) is 5.88 Å². The summed E-state index contributed by atoms with van der Waals surface area (Å²) in [5.74, 6) is -0.0133. The number of benzene rings is 2. The van der Waals surface area contributed by atoms with Crippen molar-refractivity contribution in [3.05, 3.63) is 103 Å². The Bertz CT molecular complexity index is 1330. The van der Waals surface area contributed by atoms with Crippen molar-refractivity contribution >= 4 is 23.4 Å². The van der Waals surface area contributed by atoms with E-state index in [9.17, 15) is 10.1 Å². The Labute approximate surface area is 189 Å². The van der Waals surface area contributed by atoms with Gasteiger partial charge >= 0.3 is 5.88 Å². The summed E-state index contributed by atoms with van der Waals surface area (Å²) in [6, 6.07) is 19.3. The van der Waals surface area contributed by atoms with Crippen LogP contribution in [0, 0.1) is 24.0 Å². The molecule has 7 nitrogen and oxygen atoms in total. The Hall–Kier alpha value is -3.78. The van der Waals surface area contributed by atoms with Gasteiger partial charge in [-0.1, -0.05) is 42.5 Å². The lowest BCUT2D eigenvalue weighted by Gasteiger charge is -2.06. The Balaban J connectivity index is 1.69. The van der Waals surface area contributed by atoms with Gasteiger partial charge in [0.15, 0.2) is 5.76 Å². The van der Waals surface area contributed by atoms with Gasteiger partial charge < -0.3 is 4.42 Å². The first-order valence-electron chi connectivity index (χ1n) is 10.1. The summed E-state index contributed by atoms with van der Waals surface area (Å²) in [4.78, 5) is 15.8. The van der Waals surface area contributed by atoms with Gasteiger partial charge in [-0.05, 0) is 49.1 Å². The molecule has 0 aliphatic carbocycles. The summed E-state index contributed by atoms with van der Waals surface area (Å²) < 4.78 is 6.97. The van der Waals surface area contributed by atoms with Crippen molar-refractivity contribution in [2.75, 3.05) is 6.54 Å². The van der Waals surface area contributed by atoms with Crippen LogP contribution in [0.25, 0.3) is 11.3 Å². The molecule has 0 atom stereocenters. The Morgan fingerprint density at radius 1 is 1.09 bits per heavy atom. The number of thiazole rings is 1. The van der Waals surface area contributed by atoms with E-state index >= 15 is 0 Å². The molecule has 2 heterocycles. The third-order valence-electron chi connectivity index (χ3n) is 5.07. The normalized spacial score (nSPS) is 12.0. The minimum Gasteiger partial charge on any atom is -0.400 e. The first kappa shape index (κ1) is 21.5. The van der Waals surface area contributed by atoms with Crippen LogP contribution in [0.3, 0.4) is 0 Å². The molecule has 0 fully saturated rings. The SMILES string of the molecule is Cc1ccc(-c2csc(=NCCc3ccccc3)n2N=Cc2ccc([N+](=O)[O-])o2)cc1C. The first-order chi connectivity index (χ1) is 15.5. The van der Waals surface area contributed by atoms with Crippen LogP contribution in [0.1, 0.15) is 22.5 Å². The summed E-state index contributed by atoms with van der Waals surface area (Å²) >= 11 is 1.51. The maximum atomic E-state index is 10.9. The molecule has 0 saturated heterocycles. The smallest absolute Gasteiger partial charge is 0.400 e. The molecule has 8 heteroatoms. The van der Waals surface area contributed by atoms with E-state index in [0.717, 1.165) is 22.5 Å². The second-order valence-corrected chi connectivity index (χ2v) is 8.15. The van der Waals surface area contributed by atoms with Crippen molar-refractivity contribution in [1.82, 2.24) is 4.68 Å². The second kappa shape index (κ2) is 9.57. The number of rotatable bonds is 7. The Morgan fingerprint density at radius 3 is 2.62 bits per heavy atom. The van der Waals surface area contributed by atoms with Crippen LogP contribution in [-0.2, 0) is 6.42 Å². The van der Waals surface area contributed by atoms with Gasteiger partial charge in [0.25, 0.3) is 0 Å². The summed E-state index contributed by atoms with van der Waals surface area (Å²) in [6.07, 6.45) is 2.30. The van der Waals surface area contributed by atoms with E-state index in [1.165, 1.54) is 46.4 Å². The molecule has 0 aliphatic heterocycles. The van der Waals surface area contributed by atoms with Crippen LogP contribution in [0.15, 0.2) is 80.6 Å². The largest absolute Gasteiger partial charge is 0.433 e. The minimum atomic E-state index is -0.570. The number of furan rings is 1. The van der Waals surface area contributed by atoms with Crippen LogP contribution < -0.4 is 4.80 Å². The fourth-order valence-electron chi connectivity index (χ4n) is 3.17. The van der Waals surface area contributed by atoms with Crippen LogP contribution in [0.5, 0.6) is 0 Å². The molecular weight excluding hydrogens is 424 g/mol. The van der Waals surface area contributed by atoms with Gasteiger partial charge in [-0.2, -0.15) is 5.10 Å². The predicted molar refractivity (Wildman–Crippen MR) is 126 cm³/mol. The van der Waals surface area contributed by atoms with Crippen molar-refractivity contribution in [3.8, 4) is 11.3 Å². The highest BCUT2D eigenvalue weighted by Gasteiger charge is 2.12. The second-order valence-electron chi connectivity index (χ2n) is 7.31. The van der Waals surface area contributed by atoms with E-state index in [0.29, 0.717) is 12.3 Å². The topological polar surface area (TPSA) is 85.9 Å². The van der Waals surface area contributed by atoms with Gasteiger partial charge in [-0.25, -0.2) is 4.68 Å². The van der Waals surface area contributed by atoms with Crippen LogP contribution >= 0.6 is 11.3 Å². The Morgan fingerprint density at radius 2 is 1.91 bits per heavy atom. The van der Waals surface area contributed by atoms with Crippen molar-refractivity contribution in [1.29, 1.82) is 0 Å². The average molecular weight is 447 g/mol. The van der Waals surface area contributed by atoms with E-state index in [4.69, 9.17) is 9.41 Å². The number of nitrogens with zero attached hydrogens (tertiary/aromatic N) is 4. The molecule has 2 aromatic carbocycles. The third kappa shape index (κ3) is 4.92. The third-order valence-corrected chi connectivity index (χ3v) is 5.93. The van der Waals surface area contributed by atoms with E-state index in [1.807, 2.05) is 23.6 Å². The van der Waals surface area contributed by atoms with Crippen molar-refractivity contribution in [3.63, 3.8) is 0 Å². The summed E-state index contributed by atoms with van der Waals surface area (Å²) in [5, 5.41) is 17.5. The molecule has 0 saturated carbocycles. The van der Waals surface area contributed by atoms with Gasteiger partial charge in [0.1, 0.15) is 4.92 Å². The number of nitro groups is 1. The summed E-state index contributed by atoms with van der Waals surface area (Å²) in [5.41, 5.74) is 5.55. The van der Waals surface area contributed by atoms with Gasteiger partial charge in [0.05, 0.1) is 18.0 Å². The lowest BCUT2D eigenvalue weighted by atomic mass is 10.1. The molecule has 0 bridgehead atoms. The highest BCUT2D eigenvalue weighted by molar-refractivity contribution is 7.07. The van der Waals surface area contributed by atoms with Crippen molar-refractivity contribution in [2.45, 2.75) is 20.3 Å². The average Bonchev–Trinajstić information content (AvgIpc) is 3.42. The lowest BCUT2D eigenvalue weighted by molar-refractivity contribution is -0.402. The highest BCUT2D eigenvalue weighted by Crippen LogP contribution is 2.23. The molecule has 2 aromatic heterocycles. The van der Waals surface area contributed by atoms with E-state index < -0.39 is 4.92 Å². The molecule has 0 N–H and O–H groups in total. The molecule has 0 spiro atoms. The molecule has 0 amide bonds. The molecule has 32 heavy (non-hydrogen) atoms. The zero-order valence-corrected chi connectivity index (χ0v) is 18.6. The highest BCUT2D eigenvalue weighted by atomic mass is 32.1. The fourth-order valence-corrected chi connectivity index (χ4v) is 4.03. The molecule has 4 rings (SSSR count). The first-order valence-corrected chi connectivity index (χ1v) is 11.0.